The van der Waals surface area contributed by atoms with Gasteiger partial charge in [-0.05, 0) is 18.2 Å². The van der Waals surface area contributed by atoms with Crippen LogP contribution in [0, 0.1) is 11.2 Å². The van der Waals surface area contributed by atoms with Crippen molar-refractivity contribution in [1.29, 1.82) is 5.41 Å². The lowest BCUT2D eigenvalue weighted by molar-refractivity contribution is 0.300. The minimum atomic E-state index is -0.425. The monoisotopic (exact) mass is 287 g/mol. The van der Waals surface area contributed by atoms with Crippen LogP contribution in [-0.4, -0.2) is 19.9 Å². The fraction of sp³-hybridized carbons (Fsp3) is 0.188. The van der Waals surface area contributed by atoms with Gasteiger partial charge in [-0.15, -0.1) is 0 Å². The molecule has 0 atom stereocenters. The number of ether oxygens (including phenoxy) is 1. The Bertz CT molecular complexity index is 656. The number of nitrogen functional groups attached to an aromatic ring is 1. The maximum absolute atomic E-state index is 13.9. The lowest BCUT2D eigenvalue weighted by Gasteiger charge is -2.14. The number of rotatable bonds is 5. The summed E-state index contributed by atoms with van der Waals surface area (Å²) >= 11 is 0. The van der Waals surface area contributed by atoms with Crippen molar-refractivity contribution < 1.29 is 9.13 Å². The summed E-state index contributed by atoms with van der Waals surface area (Å²) in [6.45, 7) is 0.126. The largest absolute Gasteiger partial charge is 0.489 e. The second-order valence-electron chi connectivity index (χ2n) is 4.90. The first-order chi connectivity index (χ1) is 9.97. The van der Waals surface area contributed by atoms with Gasteiger partial charge >= 0.3 is 0 Å². The Morgan fingerprint density at radius 3 is 2.62 bits per heavy atom. The SMILES string of the molecule is CN(C)c1cccc(OCc2ccc(C(=N)N)cc2F)c1. The number of nitrogens with two attached hydrogens (primary N) is 1. The van der Waals surface area contributed by atoms with Crippen LogP contribution < -0.4 is 15.4 Å². The van der Waals surface area contributed by atoms with Gasteiger partial charge in [0.05, 0.1) is 0 Å². The molecule has 0 spiro atoms. The molecule has 0 aliphatic rings. The molecule has 0 fully saturated rings. The average Bonchev–Trinajstić information content (AvgIpc) is 2.46. The van der Waals surface area contributed by atoms with Crippen molar-refractivity contribution in [2.45, 2.75) is 6.61 Å². The lowest BCUT2D eigenvalue weighted by atomic mass is 10.1. The van der Waals surface area contributed by atoms with E-state index < -0.39 is 5.82 Å². The van der Waals surface area contributed by atoms with Crippen molar-refractivity contribution in [2.75, 3.05) is 19.0 Å². The molecule has 0 radical (unpaired) electrons. The molecule has 0 heterocycles. The fourth-order valence-electron chi connectivity index (χ4n) is 1.84. The lowest BCUT2D eigenvalue weighted by Crippen LogP contribution is -2.12. The second kappa shape index (κ2) is 6.26. The van der Waals surface area contributed by atoms with Gasteiger partial charge in [0, 0.05) is 37.0 Å². The van der Waals surface area contributed by atoms with Crippen LogP contribution in [0.1, 0.15) is 11.1 Å². The average molecular weight is 287 g/mol. The Morgan fingerprint density at radius 2 is 2.00 bits per heavy atom. The molecule has 5 heteroatoms. The number of amidine groups is 1. The van der Waals surface area contributed by atoms with Gasteiger partial charge in [0.15, 0.2) is 0 Å². The van der Waals surface area contributed by atoms with E-state index in [2.05, 4.69) is 0 Å². The van der Waals surface area contributed by atoms with Crippen LogP contribution in [0.25, 0.3) is 0 Å². The maximum Gasteiger partial charge on any atom is 0.130 e. The molecule has 21 heavy (non-hydrogen) atoms. The Labute approximate surface area is 123 Å². The maximum atomic E-state index is 13.9. The van der Waals surface area contributed by atoms with Crippen molar-refractivity contribution in [3.05, 3.63) is 59.4 Å². The minimum absolute atomic E-state index is 0.126. The molecule has 3 N–H and O–H groups in total. The zero-order chi connectivity index (χ0) is 15.4. The molecule has 2 rings (SSSR count). The van der Waals surface area contributed by atoms with E-state index >= 15 is 0 Å². The van der Waals surface area contributed by atoms with Crippen LogP contribution >= 0.6 is 0 Å². The van der Waals surface area contributed by atoms with Crippen molar-refractivity contribution in [1.82, 2.24) is 0 Å². The molecule has 0 unspecified atom stereocenters. The van der Waals surface area contributed by atoms with E-state index in [1.54, 1.807) is 12.1 Å². The first kappa shape index (κ1) is 14.8. The molecule has 0 aromatic heterocycles. The zero-order valence-electron chi connectivity index (χ0n) is 12.1. The van der Waals surface area contributed by atoms with E-state index in [0.717, 1.165) is 5.69 Å². The molecular formula is C16H18FN3O. The number of hydrogen-bond donors (Lipinski definition) is 2. The van der Waals surface area contributed by atoms with Crippen LogP contribution in [0.5, 0.6) is 5.75 Å². The zero-order valence-corrected chi connectivity index (χ0v) is 12.1. The van der Waals surface area contributed by atoms with Gasteiger partial charge in [-0.25, -0.2) is 4.39 Å². The quantitative estimate of drug-likeness (QED) is 0.656. The van der Waals surface area contributed by atoms with Crippen molar-refractivity contribution in [3.63, 3.8) is 0 Å². The van der Waals surface area contributed by atoms with Crippen molar-refractivity contribution in [2.24, 2.45) is 5.73 Å². The Hall–Kier alpha value is -2.56. The highest BCUT2D eigenvalue weighted by Crippen LogP contribution is 2.21. The Kier molecular flexibility index (Phi) is 4.42. The summed E-state index contributed by atoms with van der Waals surface area (Å²) in [4.78, 5) is 1.97. The van der Waals surface area contributed by atoms with Crippen molar-refractivity contribution in [3.8, 4) is 5.75 Å². The normalized spacial score (nSPS) is 10.2. The summed E-state index contributed by atoms with van der Waals surface area (Å²) in [5.74, 6) is 0.0998. The third kappa shape index (κ3) is 3.72. The third-order valence-electron chi connectivity index (χ3n) is 3.09. The predicted molar refractivity (Wildman–Crippen MR) is 82.5 cm³/mol. The number of nitrogens with zero attached hydrogens (tertiary/aromatic N) is 1. The minimum Gasteiger partial charge on any atom is -0.489 e. The summed E-state index contributed by atoms with van der Waals surface area (Å²) in [6, 6.07) is 12.0. The Morgan fingerprint density at radius 1 is 1.24 bits per heavy atom. The molecule has 0 saturated carbocycles. The second-order valence-corrected chi connectivity index (χ2v) is 4.90. The van der Waals surface area contributed by atoms with Gasteiger partial charge in [-0.3, -0.25) is 5.41 Å². The molecule has 0 saturated heterocycles. The number of halogens is 1. The molecule has 0 bridgehead atoms. The summed E-state index contributed by atoms with van der Waals surface area (Å²) in [5.41, 5.74) is 7.13. The van der Waals surface area contributed by atoms with Crippen LogP contribution in [0.4, 0.5) is 10.1 Å². The smallest absolute Gasteiger partial charge is 0.130 e. The molecule has 4 nitrogen and oxygen atoms in total. The molecule has 110 valence electrons. The fourth-order valence-corrected chi connectivity index (χ4v) is 1.84. The number of anilines is 1. The molecule has 2 aromatic rings. The highest BCUT2D eigenvalue weighted by molar-refractivity contribution is 5.94. The number of nitrogens with one attached hydrogen (secondary N) is 1. The van der Waals surface area contributed by atoms with Gasteiger partial charge in [0.1, 0.15) is 24.0 Å². The molecule has 2 aromatic carbocycles. The molecular weight excluding hydrogens is 269 g/mol. The van der Waals surface area contributed by atoms with Gasteiger partial charge in [0.25, 0.3) is 0 Å². The summed E-state index contributed by atoms with van der Waals surface area (Å²) in [5, 5.41) is 7.28. The van der Waals surface area contributed by atoms with Gasteiger partial charge < -0.3 is 15.4 Å². The van der Waals surface area contributed by atoms with E-state index in [-0.39, 0.29) is 12.4 Å². The first-order valence-electron chi connectivity index (χ1n) is 6.50. The highest BCUT2D eigenvalue weighted by Gasteiger charge is 2.07. The van der Waals surface area contributed by atoms with Gasteiger partial charge in [-0.1, -0.05) is 18.2 Å². The molecule has 0 aliphatic heterocycles. The van der Waals surface area contributed by atoms with Crippen LogP contribution in [-0.2, 0) is 6.61 Å². The first-order valence-corrected chi connectivity index (χ1v) is 6.50. The van der Waals surface area contributed by atoms with Crippen molar-refractivity contribution >= 4 is 11.5 Å². The van der Waals surface area contributed by atoms with Crippen LogP contribution in [0.2, 0.25) is 0 Å². The van der Waals surface area contributed by atoms with E-state index in [4.69, 9.17) is 15.9 Å². The van der Waals surface area contributed by atoms with E-state index in [9.17, 15) is 4.39 Å². The highest BCUT2D eigenvalue weighted by atomic mass is 19.1. The molecule has 0 amide bonds. The van der Waals surface area contributed by atoms with E-state index in [1.807, 2.05) is 43.3 Å². The van der Waals surface area contributed by atoms with E-state index in [0.29, 0.717) is 16.9 Å². The molecule has 0 aliphatic carbocycles. The summed E-state index contributed by atoms with van der Waals surface area (Å²) < 4.78 is 19.5. The number of hydrogen-bond acceptors (Lipinski definition) is 3. The summed E-state index contributed by atoms with van der Waals surface area (Å²) in [6.07, 6.45) is 0. The van der Waals surface area contributed by atoms with Gasteiger partial charge in [-0.2, -0.15) is 0 Å². The Balaban J connectivity index is 2.09. The predicted octanol–water partition coefficient (Wildman–Crippen LogP) is 2.75. The van der Waals surface area contributed by atoms with E-state index in [1.165, 1.54) is 6.07 Å². The van der Waals surface area contributed by atoms with Crippen LogP contribution in [0.3, 0.4) is 0 Å². The number of benzene rings is 2. The third-order valence-corrected chi connectivity index (χ3v) is 3.09. The summed E-state index contributed by atoms with van der Waals surface area (Å²) in [7, 11) is 3.89. The standard InChI is InChI=1S/C16H18FN3O/c1-20(2)13-4-3-5-14(9-13)21-10-12-7-6-11(16(18)19)8-15(12)17/h3-9H,10H2,1-2H3,(H3,18,19). The topological polar surface area (TPSA) is 62.3 Å². The van der Waals surface area contributed by atoms with Gasteiger partial charge in [0.2, 0.25) is 0 Å². The van der Waals surface area contributed by atoms with Crippen LogP contribution in [0.15, 0.2) is 42.5 Å².